The van der Waals surface area contributed by atoms with Crippen LogP contribution in [0.1, 0.15) is 22.3 Å². The molecule has 0 radical (unpaired) electrons. The molecule has 55 heavy (non-hydrogen) atoms. The predicted molar refractivity (Wildman–Crippen MR) is 209 cm³/mol. The van der Waals surface area contributed by atoms with Crippen LogP contribution in [0.15, 0.2) is 54.6 Å². The van der Waals surface area contributed by atoms with E-state index in [1.54, 1.807) is 50.4 Å². The Morgan fingerprint density at radius 1 is 0.564 bits per heavy atom. The Morgan fingerprint density at radius 2 is 1.07 bits per heavy atom. The second kappa shape index (κ2) is 19.7. The highest BCUT2D eigenvalue weighted by molar-refractivity contribution is 5.72. The third-order valence-electron chi connectivity index (χ3n) is 8.24. The van der Waals surface area contributed by atoms with Gasteiger partial charge in [0, 0.05) is 45.6 Å². The maximum Gasteiger partial charge on any atom is 0.235 e. The topological polar surface area (TPSA) is 171 Å². The van der Waals surface area contributed by atoms with E-state index in [1.807, 2.05) is 52.0 Å². The summed E-state index contributed by atoms with van der Waals surface area (Å²) in [5, 5.41) is 14.2. The number of aryl methyl sites for hydroxylation is 4. The third-order valence-corrected chi connectivity index (χ3v) is 8.24. The lowest BCUT2D eigenvalue weighted by atomic mass is 10.0. The first-order valence-electron chi connectivity index (χ1n) is 17.5. The van der Waals surface area contributed by atoms with E-state index in [1.165, 1.54) is 6.07 Å². The van der Waals surface area contributed by atoms with Gasteiger partial charge in [-0.3, -0.25) is 9.80 Å². The Bertz CT molecular complexity index is 1960. The minimum absolute atomic E-state index is 0.0337. The molecular weight excluding hydrogens is 706 g/mol. The zero-order valence-corrected chi connectivity index (χ0v) is 32.6. The number of hydrogen-bond donors (Lipinski definition) is 2. The average Bonchev–Trinajstić information content (AvgIpc) is 3.16. The summed E-state index contributed by atoms with van der Waals surface area (Å²) in [5.41, 5.74) is 6.61. The molecule has 16 heteroatoms. The molecule has 0 aliphatic heterocycles. The summed E-state index contributed by atoms with van der Waals surface area (Å²) < 4.78 is 33.0. The summed E-state index contributed by atoms with van der Waals surface area (Å²) in [6.45, 7) is 9.34. The number of phenols is 1. The molecule has 0 atom stereocenters. The number of anilines is 3. The van der Waals surface area contributed by atoms with E-state index in [-0.39, 0.29) is 58.6 Å². The number of aromatic hydroxyl groups is 1. The molecule has 0 aliphatic carbocycles. The summed E-state index contributed by atoms with van der Waals surface area (Å²) in [6.07, 6.45) is 0. The van der Waals surface area contributed by atoms with Crippen LogP contribution in [0.4, 0.5) is 17.8 Å². The Morgan fingerprint density at radius 3 is 1.56 bits per heavy atom. The lowest BCUT2D eigenvalue weighted by Gasteiger charge is -2.25. The molecule has 2 aromatic heterocycles. The van der Waals surface area contributed by atoms with Gasteiger partial charge < -0.3 is 38.8 Å². The standard InChI is InChI=1S/C39H49N9O7/c1-25-9-12-30(27(3)17-25)34-41-35(31-13-10-26(2)18-28(31)4)43-36(42-34)32-14-11-29(19-33(32)49)55-16-15-54-24-48(23-53-8)39-45-37(40-20-50-5)44-38(46-39)47(21-51-6)22-52-7/h9-14,17-19,49H,15-16,20-24H2,1-8H3,(H,40,44,45,46). The number of phenolic OH excluding ortho intramolecular Hbond substituents is 1. The maximum absolute atomic E-state index is 11.2. The lowest BCUT2D eigenvalue weighted by Crippen LogP contribution is -2.34. The van der Waals surface area contributed by atoms with Crippen molar-refractivity contribution in [1.82, 2.24) is 29.9 Å². The zero-order valence-electron chi connectivity index (χ0n) is 32.6. The van der Waals surface area contributed by atoms with E-state index >= 15 is 0 Å². The number of methoxy groups -OCH3 is 4. The molecule has 0 saturated carbocycles. The molecule has 5 rings (SSSR count). The summed E-state index contributed by atoms with van der Waals surface area (Å²) in [5.74, 6) is 2.71. The van der Waals surface area contributed by atoms with Gasteiger partial charge in [0.1, 0.15) is 51.8 Å². The Hall–Kier alpha value is -5.52. The maximum atomic E-state index is 11.2. The number of rotatable bonds is 20. The van der Waals surface area contributed by atoms with Crippen molar-refractivity contribution in [1.29, 1.82) is 0 Å². The fourth-order valence-electron chi connectivity index (χ4n) is 5.68. The molecule has 0 spiro atoms. The van der Waals surface area contributed by atoms with Gasteiger partial charge in [0.05, 0.1) is 12.2 Å². The van der Waals surface area contributed by atoms with Crippen LogP contribution in [0.2, 0.25) is 0 Å². The number of nitrogens with zero attached hydrogens (tertiary/aromatic N) is 8. The smallest absolute Gasteiger partial charge is 0.235 e. The Labute approximate surface area is 321 Å². The van der Waals surface area contributed by atoms with Crippen LogP contribution in [-0.4, -0.2) is 110 Å². The molecule has 292 valence electrons. The predicted octanol–water partition coefficient (Wildman–Crippen LogP) is 5.49. The third kappa shape index (κ3) is 10.8. The first kappa shape index (κ1) is 40.7. The monoisotopic (exact) mass is 755 g/mol. The van der Waals surface area contributed by atoms with Crippen LogP contribution in [0, 0.1) is 27.7 Å². The molecule has 5 aromatic rings. The minimum Gasteiger partial charge on any atom is -0.507 e. The molecule has 0 fully saturated rings. The van der Waals surface area contributed by atoms with Gasteiger partial charge >= 0.3 is 0 Å². The van der Waals surface area contributed by atoms with Gasteiger partial charge in [-0.2, -0.15) is 15.0 Å². The molecule has 16 nitrogen and oxygen atoms in total. The number of nitrogens with one attached hydrogen (secondary N) is 1. The quantitative estimate of drug-likeness (QED) is 0.0754. The summed E-state index contributed by atoms with van der Waals surface area (Å²) >= 11 is 0. The lowest BCUT2D eigenvalue weighted by molar-refractivity contribution is 0.0811. The van der Waals surface area contributed by atoms with E-state index in [2.05, 4.69) is 32.4 Å². The highest BCUT2D eigenvalue weighted by Gasteiger charge is 2.20. The SMILES string of the molecule is COCNc1nc(N(COC)COC)nc(N(COC)COCCOc2ccc(-c3nc(-c4ccc(C)cc4C)nc(-c4ccc(C)cc4C)n3)c(O)c2)n1. The van der Waals surface area contributed by atoms with E-state index in [0.29, 0.717) is 40.7 Å². The molecule has 3 aromatic carbocycles. The molecule has 2 N–H and O–H groups in total. The zero-order chi connectivity index (χ0) is 39.3. The van der Waals surface area contributed by atoms with Crippen LogP contribution in [0.3, 0.4) is 0 Å². The van der Waals surface area contributed by atoms with E-state index in [4.69, 9.17) is 43.4 Å². The van der Waals surface area contributed by atoms with E-state index < -0.39 is 0 Å². The van der Waals surface area contributed by atoms with Crippen molar-refractivity contribution < 1.29 is 33.5 Å². The van der Waals surface area contributed by atoms with E-state index in [9.17, 15) is 5.11 Å². The number of hydrogen-bond acceptors (Lipinski definition) is 16. The Balaban J connectivity index is 1.30. The number of aromatic nitrogens is 6. The molecule has 2 heterocycles. The molecule has 0 amide bonds. The summed E-state index contributed by atoms with van der Waals surface area (Å²) in [7, 11) is 6.26. The number of ether oxygens (including phenoxy) is 6. The van der Waals surface area contributed by atoms with Crippen LogP contribution in [0.25, 0.3) is 34.2 Å². The first-order chi connectivity index (χ1) is 26.6. The second-order valence-electron chi connectivity index (χ2n) is 12.7. The number of benzene rings is 3. The molecule has 0 aliphatic rings. The highest BCUT2D eigenvalue weighted by Crippen LogP contribution is 2.34. The van der Waals surface area contributed by atoms with Crippen molar-refractivity contribution in [3.8, 4) is 45.7 Å². The molecule has 0 bridgehead atoms. The van der Waals surface area contributed by atoms with Gasteiger partial charge in [0.25, 0.3) is 0 Å². The largest absolute Gasteiger partial charge is 0.507 e. The average molecular weight is 756 g/mol. The van der Waals surface area contributed by atoms with Crippen molar-refractivity contribution in [2.75, 3.05) is 90.4 Å². The van der Waals surface area contributed by atoms with Gasteiger partial charge in [-0.25, -0.2) is 15.0 Å². The van der Waals surface area contributed by atoms with Crippen LogP contribution >= 0.6 is 0 Å². The summed E-state index contributed by atoms with van der Waals surface area (Å²) in [6, 6.07) is 17.3. The van der Waals surface area contributed by atoms with E-state index in [0.717, 1.165) is 33.4 Å². The molecule has 0 saturated heterocycles. The van der Waals surface area contributed by atoms with Crippen molar-refractivity contribution in [2.45, 2.75) is 27.7 Å². The second-order valence-corrected chi connectivity index (χ2v) is 12.7. The van der Waals surface area contributed by atoms with Gasteiger partial charge in [-0.1, -0.05) is 47.5 Å². The van der Waals surface area contributed by atoms with Gasteiger partial charge in [-0.05, 0) is 51.0 Å². The van der Waals surface area contributed by atoms with Crippen LogP contribution in [0.5, 0.6) is 11.5 Å². The Kier molecular flexibility index (Phi) is 14.6. The van der Waals surface area contributed by atoms with Crippen molar-refractivity contribution >= 4 is 17.8 Å². The van der Waals surface area contributed by atoms with Crippen LogP contribution < -0.4 is 19.9 Å². The fourth-order valence-corrected chi connectivity index (χ4v) is 5.68. The van der Waals surface area contributed by atoms with Crippen molar-refractivity contribution in [2.24, 2.45) is 0 Å². The van der Waals surface area contributed by atoms with Gasteiger partial charge in [-0.15, -0.1) is 0 Å². The molecule has 0 unspecified atom stereocenters. The first-order valence-corrected chi connectivity index (χ1v) is 17.5. The van der Waals surface area contributed by atoms with Crippen LogP contribution in [-0.2, 0) is 23.7 Å². The van der Waals surface area contributed by atoms with Crippen molar-refractivity contribution in [3.63, 3.8) is 0 Å². The normalized spacial score (nSPS) is 11.1. The van der Waals surface area contributed by atoms with Gasteiger partial charge in [0.15, 0.2) is 17.5 Å². The minimum atomic E-state index is -0.0337. The van der Waals surface area contributed by atoms with Crippen molar-refractivity contribution in [3.05, 3.63) is 76.9 Å². The highest BCUT2D eigenvalue weighted by atomic mass is 16.5. The fraction of sp³-hybridized carbons (Fsp3) is 0.385. The van der Waals surface area contributed by atoms with Gasteiger partial charge in [0.2, 0.25) is 17.8 Å². The molecular formula is C39H49N9O7. The summed E-state index contributed by atoms with van der Waals surface area (Å²) in [4.78, 5) is 31.5.